The Bertz CT molecular complexity index is 603. The molecule has 2 aliphatic heterocycles. The van der Waals surface area contributed by atoms with Crippen molar-refractivity contribution >= 4 is 5.91 Å². The first-order valence-corrected chi connectivity index (χ1v) is 9.55. The second-order valence-corrected chi connectivity index (χ2v) is 8.23. The summed E-state index contributed by atoms with van der Waals surface area (Å²) in [5.74, 6) is 1.54. The van der Waals surface area contributed by atoms with Gasteiger partial charge < -0.3 is 14.4 Å². The van der Waals surface area contributed by atoms with E-state index in [4.69, 9.17) is 0 Å². The van der Waals surface area contributed by atoms with Crippen molar-refractivity contribution in [1.29, 1.82) is 0 Å². The van der Waals surface area contributed by atoms with Crippen molar-refractivity contribution in [3.63, 3.8) is 0 Å². The minimum Gasteiger partial charge on any atom is -0.338 e. The maximum Gasteiger partial charge on any atom is 0.245 e. The summed E-state index contributed by atoms with van der Waals surface area (Å²) < 4.78 is 2.05. The van der Waals surface area contributed by atoms with E-state index in [1.165, 1.54) is 0 Å². The van der Waals surface area contributed by atoms with Gasteiger partial charge in [0.1, 0.15) is 11.9 Å². The lowest BCUT2D eigenvalue weighted by atomic mass is 9.83. The van der Waals surface area contributed by atoms with E-state index in [2.05, 4.69) is 47.6 Å². The Morgan fingerprint density at radius 2 is 1.80 bits per heavy atom. The van der Waals surface area contributed by atoms with Crippen molar-refractivity contribution in [3.8, 4) is 0 Å². The highest BCUT2D eigenvalue weighted by atomic mass is 16.2. The van der Waals surface area contributed by atoms with Crippen LogP contribution in [0.4, 0.5) is 0 Å². The van der Waals surface area contributed by atoms with Crippen LogP contribution in [0.25, 0.3) is 0 Å². The molecule has 6 heteroatoms. The number of carbonyl (C=O) groups excluding carboxylic acids is 1. The fourth-order valence-electron chi connectivity index (χ4n) is 4.31. The number of nitrogens with zero attached hydrogens (tertiary/aromatic N) is 5. The van der Waals surface area contributed by atoms with E-state index < -0.39 is 0 Å². The average Bonchev–Trinajstić information content (AvgIpc) is 3.08. The van der Waals surface area contributed by atoms with Crippen LogP contribution in [0.3, 0.4) is 0 Å². The third-order valence-corrected chi connectivity index (χ3v) is 6.22. The van der Waals surface area contributed by atoms with Crippen molar-refractivity contribution in [2.75, 3.05) is 46.8 Å². The Balaban J connectivity index is 1.75. The van der Waals surface area contributed by atoms with Crippen LogP contribution in [0.15, 0.2) is 12.4 Å². The number of hydrogen-bond acceptors (Lipinski definition) is 4. The molecule has 0 bridgehead atoms. The number of hydrogen-bond donors (Lipinski definition) is 0. The molecule has 1 aromatic rings. The topological polar surface area (TPSA) is 44.6 Å². The van der Waals surface area contributed by atoms with Crippen LogP contribution in [0, 0.1) is 0 Å². The zero-order valence-electron chi connectivity index (χ0n) is 16.4. The predicted octanol–water partition coefficient (Wildman–Crippen LogP) is 1.81. The number of likely N-dealkylation sites (N-methyl/N-ethyl adjacent to an activating group) is 1. The number of likely N-dealkylation sites (tertiary alicyclic amines) is 1. The first-order chi connectivity index (χ1) is 11.8. The Labute approximate surface area is 151 Å². The Kier molecular flexibility index (Phi) is 5.21. The second kappa shape index (κ2) is 7.08. The van der Waals surface area contributed by atoms with Gasteiger partial charge in [0.2, 0.25) is 5.91 Å². The summed E-state index contributed by atoms with van der Waals surface area (Å²) in [6.45, 7) is 11.1. The molecule has 0 saturated carbocycles. The SMILES string of the molecule is CC(C)c1nccn1[C@@H](C)C(=O)N1CCN(C)C2(CCN(C)CC2)C1. The Hall–Kier alpha value is -1.40. The highest BCUT2D eigenvalue weighted by Gasteiger charge is 2.43. The largest absolute Gasteiger partial charge is 0.338 e. The molecular formula is C19H33N5O. The summed E-state index contributed by atoms with van der Waals surface area (Å²) in [6.07, 6.45) is 6.03. The first kappa shape index (κ1) is 18.4. The molecule has 25 heavy (non-hydrogen) atoms. The normalized spacial score (nSPS) is 23.4. The van der Waals surface area contributed by atoms with Gasteiger partial charge in [0.25, 0.3) is 0 Å². The monoisotopic (exact) mass is 347 g/mol. The van der Waals surface area contributed by atoms with Crippen LogP contribution < -0.4 is 0 Å². The molecule has 3 heterocycles. The van der Waals surface area contributed by atoms with E-state index in [-0.39, 0.29) is 17.5 Å². The van der Waals surface area contributed by atoms with Gasteiger partial charge in [0.05, 0.1) is 0 Å². The van der Waals surface area contributed by atoms with Gasteiger partial charge in [-0.1, -0.05) is 13.8 Å². The van der Waals surface area contributed by atoms with Gasteiger partial charge in [-0.2, -0.15) is 0 Å². The van der Waals surface area contributed by atoms with Gasteiger partial charge in [-0.15, -0.1) is 0 Å². The molecule has 0 aliphatic carbocycles. The summed E-state index contributed by atoms with van der Waals surface area (Å²) in [4.78, 5) is 24.6. The molecule has 6 nitrogen and oxygen atoms in total. The van der Waals surface area contributed by atoms with Gasteiger partial charge in [-0.05, 0) is 47.0 Å². The van der Waals surface area contributed by atoms with E-state index in [1.54, 1.807) is 0 Å². The summed E-state index contributed by atoms with van der Waals surface area (Å²) in [5, 5.41) is 0. The summed E-state index contributed by atoms with van der Waals surface area (Å²) in [5.41, 5.74) is 0.149. The molecule has 2 fully saturated rings. The lowest BCUT2D eigenvalue weighted by Gasteiger charge is -2.53. The molecule has 1 spiro atoms. The molecule has 140 valence electrons. The molecule has 0 aromatic carbocycles. The van der Waals surface area contributed by atoms with Gasteiger partial charge in [-0.25, -0.2) is 4.98 Å². The number of carbonyl (C=O) groups is 1. The fraction of sp³-hybridized carbons (Fsp3) is 0.789. The zero-order chi connectivity index (χ0) is 18.2. The molecular weight excluding hydrogens is 314 g/mol. The molecule has 0 radical (unpaired) electrons. The molecule has 3 rings (SSSR count). The van der Waals surface area contributed by atoms with E-state index in [0.717, 1.165) is 51.4 Å². The predicted molar refractivity (Wildman–Crippen MR) is 99.7 cm³/mol. The lowest BCUT2D eigenvalue weighted by Crippen LogP contribution is -2.65. The van der Waals surface area contributed by atoms with Gasteiger partial charge >= 0.3 is 0 Å². The third-order valence-electron chi connectivity index (χ3n) is 6.22. The van der Waals surface area contributed by atoms with Crippen LogP contribution in [0.1, 0.15) is 51.4 Å². The lowest BCUT2D eigenvalue weighted by molar-refractivity contribution is -0.141. The molecule has 2 aliphatic rings. The minimum atomic E-state index is -0.188. The quantitative estimate of drug-likeness (QED) is 0.836. The Morgan fingerprint density at radius 3 is 2.44 bits per heavy atom. The van der Waals surface area contributed by atoms with Crippen LogP contribution in [0.2, 0.25) is 0 Å². The molecule has 2 saturated heterocycles. The van der Waals surface area contributed by atoms with Crippen molar-refractivity contribution in [2.24, 2.45) is 0 Å². The van der Waals surface area contributed by atoms with E-state index in [1.807, 2.05) is 23.9 Å². The van der Waals surface area contributed by atoms with Crippen molar-refractivity contribution in [1.82, 2.24) is 24.3 Å². The summed E-state index contributed by atoms with van der Waals surface area (Å²) >= 11 is 0. The Morgan fingerprint density at radius 1 is 1.12 bits per heavy atom. The number of rotatable bonds is 3. The average molecular weight is 348 g/mol. The second-order valence-electron chi connectivity index (χ2n) is 8.23. The van der Waals surface area contributed by atoms with E-state index in [9.17, 15) is 4.79 Å². The maximum atomic E-state index is 13.2. The number of imidazole rings is 1. The third kappa shape index (κ3) is 3.47. The van der Waals surface area contributed by atoms with Crippen LogP contribution in [0.5, 0.6) is 0 Å². The first-order valence-electron chi connectivity index (χ1n) is 9.55. The van der Waals surface area contributed by atoms with Gasteiger partial charge in [-0.3, -0.25) is 9.69 Å². The smallest absolute Gasteiger partial charge is 0.245 e. The fourth-order valence-corrected chi connectivity index (χ4v) is 4.31. The molecule has 1 aromatic heterocycles. The van der Waals surface area contributed by atoms with E-state index in [0.29, 0.717) is 5.92 Å². The molecule has 0 unspecified atom stereocenters. The van der Waals surface area contributed by atoms with Crippen molar-refractivity contribution in [3.05, 3.63) is 18.2 Å². The van der Waals surface area contributed by atoms with Crippen LogP contribution in [-0.2, 0) is 4.79 Å². The van der Waals surface area contributed by atoms with Crippen molar-refractivity contribution in [2.45, 2.75) is 51.1 Å². The number of piperazine rings is 1. The van der Waals surface area contributed by atoms with Crippen LogP contribution in [-0.4, -0.2) is 82.5 Å². The standard InChI is InChI=1S/C19H33N5O/c1-15(2)17-20-8-11-24(17)16(3)18(25)23-13-12-22(5)19(14-23)6-9-21(4)10-7-19/h8,11,15-16H,6-7,9-10,12-14H2,1-5H3/t16-/m0/s1. The van der Waals surface area contributed by atoms with Gasteiger partial charge in [0.15, 0.2) is 0 Å². The van der Waals surface area contributed by atoms with Gasteiger partial charge in [0, 0.05) is 43.5 Å². The molecule has 1 atom stereocenters. The number of aromatic nitrogens is 2. The van der Waals surface area contributed by atoms with E-state index >= 15 is 0 Å². The minimum absolute atomic E-state index is 0.149. The summed E-state index contributed by atoms with van der Waals surface area (Å²) in [7, 11) is 4.41. The van der Waals surface area contributed by atoms with Crippen molar-refractivity contribution < 1.29 is 4.79 Å². The summed E-state index contributed by atoms with van der Waals surface area (Å²) in [6, 6.07) is -0.188. The number of piperidine rings is 1. The highest BCUT2D eigenvalue weighted by molar-refractivity contribution is 5.80. The highest BCUT2D eigenvalue weighted by Crippen LogP contribution is 2.32. The molecule has 0 N–H and O–H groups in total. The van der Waals surface area contributed by atoms with Crippen LogP contribution >= 0.6 is 0 Å². The maximum absolute atomic E-state index is 13.2. The number of amides is 1. The zero-order valence-corrected chi connectivity index (χ0v) is 16.4. The molecule has 1 amide bonds.